The predicted molar refractivity (Wildman–Crippen MR) is 143 cm³/mol. The quantitative estimate of drug-likeness (QED) is 0.275. The van der Waals surface area contributed by atoms with Crippen LogP contribution in [-0.4, -0.2) is 39.9 Å². The molecule has 3 N–H and O–H groups in total. The van der Waals surface area contributed by atoms with Crippen molar-refractivity contribution in [3.8, 4) is 16.9 Å². The molecule has 3 aromatic carbocycles. The highest BCUT2D eigenvalue weighted by Crippen LogP contribution is 2.33. The van der Waals surface area contributed by atoms with Gasteiger partial charge in [-0.25, -0.2) is 4.68 Å². The van der Waals surface area contributed by atoms with Gasteiger partial charge in [0.1, 0.15) is 0 Å². The van der Waals surface area contributed by atoms with Crippen molar-refractivity contribution >= 4 is 52.3 Å². The Hall–Kier alpha value is -3.36. The second-order valence-corrected chi connectivity index (χ2v) is 9.13. The van der Waals surface area contributed by atoms with Crippen LogP contribution in [0, 0.1) is 6.92 Å². The van der Waals surface area contributed by atoms with Crippen molar-refractivity contribution in [2.45, 2.75) is 6.92 Å². The molecular formula is C26H21Cl3N4O3. The number of hydrogen-bond donors (Lipinski definition) is 3. The van der Waals surface area contributed by atoms with Gasteiger partial charge in [0.25, 0.3) is 11.8 Å². The number of anilines is 1. The number of rotatable bonds is 7. The molecule has 1 heterocycles. The van der Waals surface area contributed by atoms with Crippen LogP contribution in [0.15, 0.2) is 66.7 Å². The maximum atomic E-state index is 13.3. The van der Waals surface area contributed by atoms with Crippen molar-refractivity contribution in [3.63, 3.8) is 0 Å². The molecule has 0 fully saturated rings. The minimum Gasteiger partial charge on any atom is -0.395 e. The van der Waals surface area contributed by atoms with Gasteiger partial charge in [-0.2, -0.15) is 5.10 Å². The first-order chi connectivity index (χ1) is 17.3. The summed E-state index contributed by atoms with van der Waals surface area (Å²) in [5.41, 5.74) is 3.58. The number of aliphatic hydroxyl groups excluding tert-OH is 1. The average Bonchev–Trinajstić information content (AvgIpc) is 3.20. The number of halogens is 3. The fourth-order valence-corrected chi connectivity index (χ4v) is 4.30. The Balaban J connectivity index is 1.74. The highest BCUT2D eigenvalue weighted by Gasteiger charge is 2.23. The van der Waals surface area contributed by atoms with E-state index in [1.165, 1.54) is 0 Å². The Kier molecular flexibility index (Phi) is 7.96. The number of hydrogen-bond acceptors (Lipinski definition) is 4. The van der Waals surface area contributed by atoms with Gasteiger partial charge in [0, 0.05) is 39.0 Å². The van der Waals surface area contributed by atoms with Crippen LogP contribution in [0.2, 0.25) is 15.1 Å². The second kappa shape index (κ2) is 11.1. The molecule has 0 radical (unpaired) electrons. The molecule has 0 spiro atoms. The molecular weight excluding hydrogens is 523 g/mol. The minimum atomic E-state index is -0.459. The molecule has 36 heavy (non-hydrogen) atoms. The summed E-state index contributed by atoms with van der Waals surface area (Å²) in [5.74, 6) is -0.817. The highest BCUT2D eigenvalue weighted by molar-refractivity contribution is 6.35. The summed E-state index contributed by atoms with van der Waals surface area (Å²) in [5, 5.41) is 20.3. The fraction of sp³-hybridized carbons (Fsp3) is 0.115. The normalized spacial score (nSPS) is 10.8. The Labute approximate surface area is 222 Å². The van der Waals surface area contributed by atoms with Crippen LogP contribution in [0.1, 0.15) is 26.4 Å². The summed E-state index contributed by atoms with van der Waals surface area (Å²) in [6, 6.07) is 18.7. The molecule has 0 aliphatic heterocycles. The zero-order chi connectivity index (χ0) is 25.8. The number of aromatic nitrogens is 2. The lowest BCUT2D eigenvalue weighted by Gasteiger charge is -2.11. The number of carbonyl (C=O) groups is 2. The van der Waals surface area contributed by atoms with E-state index in [1.54, 1.807) is 66.2 Å². The van der Waals surface area contributed by atoms with Gasteiger partial charge in [0.05, 0.1) is 23.0 Å². The largest absolute Gasteiger partial charge is 0.395 e. The topological polar surface area (TPSA) is 96.2 Å². The first-order valence-electron chi connectivity index (χ1n) is 10.9. The van der Waals surface area contributed by atoms with Gasteiger partial charge in [-0.15, -0.1) is 0 Å². The van der Waals surface area contributed by atoms with E-state index in [0.29, 0.717) is 43.3 Å². The van der Waals surface area contributed by atoms with E-state index >= 15 is 0 Å². The maximum absolute atomic E-state index is 13.3. The van der Waals surface area contributed by atoms with Crippen LogP contribution in [0.3, 0.4) is 0 Å². The highest BCUT2D eigenvalue weighted by atomic mass is 35.5. The molecule has 4 aromatic rings. The molecule has 0 saturated carbocycles. The van der Waals surface area contributed by atoms with Crippen molar-refractivity contribution in [2.24, 2.45) is 0 Å². The van der Waals surface area contributed by atoms with Gasteiger partial charge in [0.2, 0.25) is 0 Å². The van der Waals surface area contributed by atoms with Crippen LogP contribution in [-0.2, 0) is 0 Å². The number of nitrogens with one attached hydrogen (secondary N) is 2. The summed E-state index contributed by atoms with van der Waals surface area (Å²) in [7, 11) is 0. The third-order valence-electron chi connectivity index (χ3n) is 5.37. The molecule has 184 valence electrons. The van der Waals surface area contributed by atoms with Gasteiger partial charge in [-0.05, 0) is 55.5 Å². The molecule has 0 aliphatic carbocycles. The molecule has 0 atom stereocenters. The van der Waals surface area contributed by atoms with E-state index < -0.39 is 5.91 Å². The molecule has 7 nitrogen and oxygen atoms in total. The Morgan fingerprint density at radius 3 is 2.36 bits per heavy atom. The molecule has 1 aromatic heterocycles. The van der Waals surface area contributed by atoms with Gasteiger partial charge in [-0.1, -0.05) is 53.0 Å². The first-order valence-corrected chi connectivity index (χ1v) is 12.0. The van der Waals surface area contributed by atoms with Crippen molar-refractivity contribution < 1.29 is 14.7 Å². The van der Waals surface area contributed by atoms with E-state index in [9.17, 15) is 9.59 Å². The molecule has 0 aliphatic rings. The van der Waals surface area contributed by atoms with Gasteiger partial charge in [0.15, 0.2) is 5.69 Å². The van der Waals surface area contributed by atoms with E-state index in [0.717, 1.165) is 5.56 Å². The smallest absolute Gasteiger partial charge is 0.276 e. The van der Waals surface area contributed by atoms with Crippen LogP contribution < -0.4 is 10.6 Å². The monoisotopic (exact) mass is 542 g/mol. The summed E-state index contributed by atoms with van der Waals surface area (Å²) in [4.78, 5) is 25.5. The number of amides is 2. The average molecular weight is 544 g/mol. The number of aliphatic hydroxyl groups is 1. The van der Waals surface area contributed by atoms with E-state index in [2.05, 4.69) is 15.7 Å². The van der Waals surface area contributed by atoms with Crippen LogP contribution in [0.4, 0.5) is 5.69 Å². The van der Waals surface area contributed by atoms with Crippen molar-refractivity contribution in [1.82, 2.24) is 15.1 Å². The lowest BCUT2D eigenvalue weighted by Crippen LogP contribution is -2.26. The van der Waals surface area contributed by atoms with Crippen LogP contribution in [0.25, 0.3) is 16.9 Å². The summed E-state index contributed by atoms with van der Waals surface area (Å²) < 4.78 is 1.60. The third-order valence-corrected chi connectivity index (χ3v) is 6.16. The van der Waals surface area contributed by atoms with E-state index in [4.69, 9.17) is 39.9 Å². The lowest BCUT2D eigenvalue weighted by molar-refractivity contribution is 0.0943. The first kappa shape index (κ1) is 25.7. The Morgan fingerprint density at radius 1 is 0.944 bits per heavy atom. The summed E-state index contributed by atoms with van der Waals surface area (Å²) >= 11 is 18.7. The third kappa shape index (κ3) is 5.55. The van der Waals surface area contributed by atoms with E-state index in [1.807, 2.05) is 12.1 Å². The molecule has 2 amide bonds. The zero-order valence-corrected chi connectivity index (χ0v) is 21.3. The van der Waals surface area contributed by atoms with Gasteiger partial charge < -0.3 is 15.7 Å². The number of carbonyl (C=O) groups excluding carboxylic acids is 2. The predicted octanol–water partition coefficient (Wildman–Crippen LogP) is 5.78. The molecule has 10 heteroatoms. The second-order valence-electron chi connectivity index (χ2n) is 7.85. The maximum Gasteiger partial charge on any atom is 0.276 e. The van der Waals surface area contributed by atoms with Crippen molar-refractivity contribution in [3.05, 3.63) is 98.6 Å². The molecule has 0 unspecified atom stereocenters. The summed E-state index contributed by atoms with van der Waals surface area (Å²) in [6.07, 6.45) is 0. The van der Waals surface area contributed by atoms with E-state index in [-0.39, 0.29) is 24.8 Å². The Morgan fingerprint density at radius 2 is 1.67 bits per heavy atom. The molecule has 0 bridgehead atoms. The van der Waals surface area contributed by atoms with Gasteiger partial charge >= 0.3 is 0 Å². The number of benzene rings is 3. The fourth-order valence-electron chi connectivity index (χ4n) is 3.69. The molecule has 0 saturated heterocycles. The van der Waals surface area contributed by atoms with Gasteiger partial charge in [-0.3, -0.25) is 9.59 Å². The lowest BCUT2D eigenvalue weighted by atomic mass is 10.1. The van der Waals surface area contributed by atoms with Crippen molar-refractivity contribution in [1.29, 1.82) is 0 Å². The number of nitrogens with zero attached hydrogens (tertiary/aromatic N) is 2. The zero-order valence-electron chi connectivity index (χ0n) is 19.1. The Bertz CT molecular complexity index is 1440. The minimum absolute atomic E-state index is 0.132. The SMILES string of the molecule is Cc1c(C(=O)Nc2cccc(C(=O)NCCO)c2)nn(-c2ccc(Cl)cc2Cl)c1-c1ccc(Cl)cc1. The van der Waals surface area contributed by atoms with Crippen LogP contribution >= 0.6 is 34.8 Å². The standard InChI is InChI=1S/C26H21Cl3N4O3/c1-15-23(26(36)31-20-4-2-3-17(13-20)25(35)30-11-12-34)32-33(22-10-9-19(28)14-21(22)29)24(15)16-5-7-18(27)8-6-16/h2-10,13-14,34H,11-12H2,1H3,(H,30,35)(H,31,36). The van der Waals surface area contributed by atoms with Crippen LogP contribution in [0.5, 0.6) is 0 Å². The summed E-state index contributed by atoms with van der Waals surface area (Å²) in [6.45, 7) is 1.76. The van der Waals surface area contributed by atoms with Crippen molar-refractivity contribution in [2.75, 3.05) is 18.5 Å². The molecule has 4 rings (SSSR count).